The number of hydrogen-bond acceptors (Lipinski definition) is 4. The van der Waals surface area contributed by atoms with Gasteiger partial charge in [-0.1, -0.05) is 0 Å². The summed E-state index contributed by atoms with van der Waals surface area (Å²) in [6.45, 7) is 19.0. The predicted octanol–water partition coefficient (Wildman–Crippen LogP) is 0.383. The molecule has 4 nitrogen and oxygen atoms in total. The zero-order valence-corrected chi connectivity index (χ0v) is 7.13. The Kier molecular flexibility index (Phi) is 622. The summed E-state index contributed by atoms with van der Waals surface area (Å²) in [5.41, 5.74) is 0. The molecule has 0 aromatic rings. The van der Waals surface area contributed by atoms with Crippen molar-refractivity contribution in [3.05, 3.63) is 26.3 Å². The van der Waals surface area contributed by atoms with Crippen molar-refractivity contribution in [1.29, 1.82) is 21.0 Å². The Morgan fingerprint density at radius 3 is 0.444 bits per heavy atom. The van der Waals surface area contributed by atoms with E-state index >= 15 is 0 Å². The Labute approximate surface area is 68.8 Å². The molecule has 0 aromatic heterocycles. The molecule has 0 aliphatic rings. The average Bonchev–Trinajstić information content (AvgIpc) is 2.03. The first-order valence-electron chi connectivity index (χ1n) is 0.894. The van der Waals surface area contributed by atoms with Crippen molar-refractivity contribution in [3.8, 4) is 0 Å². The van der Waals surface area contributed by atoms with Crippen LogP contribution in [0.5, 0.6) is 0 Å². The largest absolute Gasteiger partial charge is 4.00 e. The zero-order valence-electron chi connectivity index (χ0n) is 4.20. The summed E-state index contributed by atoms with van der Waals surface area (Å²) >= 11 is 0. The monoisotopic (exact) mass is 288 g/mol. The van der Waals surface area contributed by atoms with Crippen molar-refractivity contribution in [3.63, 3.8) is 0 Å². The molecular weight excluding hydrogens is 288 g/mol. The standard InChI is InChI=1S/4CN.W/c4*1-2;/q4*-1;+4. The summed E-state index contributed by atoms with van der Waals surface area (Å²) in [5, 5.41) is 25.0. The fourth-order valence-electron chi connectivity index (χ4n) is 0. The predicted molar refractivity (Wildman–Crippen MR) is 19.9 cm³/mol. The molecule has 0 heterocycles. The van der Waals surface area contributed by atoms with Crippen LogP contribution in [-0.2, 0) is 21.1 Å². The van der Waals surface area contributed by atoms with Gasteiger partial charge in [0.2, 0.25) is 0 Å². The summed E-state index contributed by atoms with van der Waals surface area (Å²) in [7, 11) is 0. The maximum Gasteiger partial charge on any atom is 4.00 e. The van der Waals surface area contributed by atoms with Crippen LogP contribution in [0.25, 0.3) is 0 Å². The second-order valence-electron chi connectivity index (χ2n) is 0. The molecule has 0 saturated carbocycles. The van der Waals surface area contributed by atoms with Gasteiger partial charge in [-0.15, -0.1) is 0 Å². The third-order valence-corrected chi connectivity index (χ3v) is 0. The molecule has 0 aromatic carbocycles. The molecule has 0 fully saturated rings. The van der Waals surface area contributed by atoms with Crippen molar-refractivity contribution in [2.75, 3.05) is 0 Å². The van der Waals surface area contributed by atoms with Crippen molar-refractivity contribution in [1.82, 2.24) is 0 Å². The van der Waals surface area contributed by atoms with Crippen LogP contribution in [0, 0.1) is 47.3 Å². The molecule has 0 spiro atoms. The molecule has 0 atom stereocenters. The second-order valence-corrected chi connectivity index (χ2v) is 0. The molecule has 0 N–H and O–H groups in total. The van der Waals surface area contributed by atoms with Gasteiger partial charge in [-0.2, -0.15) is 0 Å². The van der Waals surface area contributed by atoms with E-state index in [1.165, 1.54) is 0 Å². The van der Waals surface area contributed by atoms with E-state index in [2.05, 4.69) is 0 Å². The Morgan fingerprint density at radius 1 is 0.444 bits per heavy atom. The molecular formula is C4N4W. The molecule has 0 rings (SSSR count). The van der Waals surface area contributed by atoms with Crippen LogP contribution < -0.4 is 0 Å². The quantitative estimate of drug-likeness (QED) is 0.602. The first-order valence-corrected chi connectivity index (χ1v) is 0.894. The molecule has 0 bridgehead atoms. The van der Waals surface area contributed by atoms with Crippen LogP contribution in [0.4, 0.5) is 0 Å². The van der Waals surface area contributed by atoms with E-state index in [0.717, 1.165) is 0 Å². The van der Waals surface area contributed by atoms with Gasteiger partial charge < -0.3 is 47.3 Å². The molecule has 0 radical (unpaired) electrons. The summed E-state index contributed by atoms with van der Waals surface area (Å²) in [5.74, 6) is 0. The van der Waals surface area contributed by atoms with Crippen LogP contribution in [0.15, 0.2) is 0 Å². The fourth-order valence-corrected chi connectivity index (χ4v) is 0. The Morgan fingerprint density at radius 2 is 0.444 bits per heavy atom. The third-order valence-electron chi connectivity index (χ3n) is 0. The molecule has 0 aliphatic heterocycles. The van der Waals surface area contributed by atoms with Gasteiger partial charge in [-0.25, -0.2) is 0 Å². The fraction of sp³-hybridized carbons (Fsp3) is 0. The SMILES string of the molecule is [C-]#N.[C-]#N.[C-]#N.[C-]#N.[W+4]. The number of rotatable bonds is 0. The summed E-state index contributed by atoms with van der Waals surface area (Å²) in [6.07, 6.45) is 0. The molecule has 0 unspecified atom stereocenters. The minimum Gasteiger partial charge on any atom is -0.512 e. The molecule has 9 heavy (non-hydrogen) atoms. The number of nitrogens with zero attached hydrogens (tertiary/aromatic N) is 4. The Hall–Kier alpha value is -1.35. The van der Waals surface area contributed by atoms with E-state index in [1.807, 2.05) is 0 Å². The summed E-state index contributed by atoms with van der Waals surface area (Å²) in [6, 6.07) is 0. The van der Waals surface area contributed by atoms with Crippen molar-refractivity contribution in [2.45, 2.75) is 0 Å². The van der Waals surface area contributed by atoms with E-state index in [9.17, 15) is 0 Å². The van der Waals surface area contributed by atoms with Crippen LogP contribution in [0.1, 0.15) is 0 Å². The molecule has 0 saturated heterocycles. The van der Waals surface area contributed by atoms with E-state index in [0.29, 0.717) is 0 Å². The van der Waals surface area contributed by atoms with Crippen LogP contribution >= 0.6 is 0 Å². The molecule has 5 heteroatoms. The molecule has 42 valence electrons. The van der Waals surface area contributed by atoms with Crippen LogP contribution in [0.2, 0.25) is 0 Å². The van der Waals surface area contributed by atoms with E-state index in [-0.39, 0.29) is 21.1 Å². The first-order chi connectivity index (χ1) is 4.00. The maximum absolute atomic E-state index is 6.25. The normalized spacial score (nSPS) is 0.889. The summed E-state index contributed by atoms with van der Waals surface area (Å²) in [4.78, 5) is 0. The summed E-state index contributed by atoms with van der Waals surface area (Å²) < 4.78 is 0. The van der Waals surface area contributed by atoms with Crippen molar-refractivity contribution >= 4 is 0 Å². The van der Waals surface area contributed by atoms with Gasteiger partial charge >= 0.3 is 21.1 Å². The molecule has 0 amide bonds. The van der Waals surface area contributed by atoms with Crippen LogP contribution in [-0.4, -0.2) is 0 Å². The maximum atomic E-state index is 6.25. The minimum absolute atomic E-state index is 0. The minimum atomic E-state index is 0. The van der Waals surface area contributed by atoms with Crippen molar-refractivity contribution < 1.29 is 21.1 Å². The topological polar surface area (TPSA) is 95.2 Å². The van der Waals surface area contributed by atoms with E-state index in [1.54, 1.807) is 0 Å². The van der Waals surface area contributed by atoms with Gasteiger partial charge in [-0.05, 0) is 0 Å². The number of hydrogen-bond donors (Lipinski definition) is 0. The van der Waals surface area contributed by atoms with Gasteiger partial charge in [0.15, 0.2) is 0 Å². The van der Waals surface area contributed by atoms with Gasteiger partial charge in [0.25, 0.3) is 0 Å². The van der Waals surface area contributed by atoms with Gasteiger partial charge in [-0.3, -0.25) is 0 Å². The first kappa shape index (κ1) is 48.2. The van der Waals surface area contributed by atoms with E-state index in [4.69, 9.17) is 47.3 Å². The van der Waals surface area contributed by atoms with Gasteiger partial charge in [0.05, 0.1) is 0 Å². The van der Waals surface area contributed by atoms with Gasteiger partial charge in [0, 0.05) is 0 Å². The molecule has 0 aliphatic carbocycles. The zero-order chi connectivity index (χ0) is 8.00. The van der Waals surface area contributed by atoms with E-state index < -0.39 is 0 Å². The smallest absolute Gasteiger partial charge is 0.512 e. The van der Waals surface area contributed by atoms with Crippen molar-refractivity contribution in [2.24, 2.45) is 0 Å². The second kappa shape index (κ2) is 116. The third kappa shape index (κ3) is 78.6. The van der Waals surface area contributed by atoms with Crippen LogP contribution in [0.3, 0.4) is 0 Å². The Bertz CT molecular complexity index is 55.5. The van der Waals surface area contributed by atoms with Gasteiger partial charge in [0.1, 0.15) is 0 Å². The average molecular weight is 288 g/mol. The Balaban J connectivity index is -0.00000000762.